The Hall–Kier alpha value is -1.04. The monoisotopic (exact) mass is 267 g/mol. The summed E-state index contributed by atoms with van der Waals surface area (Å²) < 4.78 is 18.6. The molecule has 1 aliphatic rings. The molecule has 1 rings (SSSR count). The molecule has 2 nitrogen and oxygen atoms in total. The quantitative estimate of drug-likeness (QED) is 0.652. The summed E-state index contributed by atoms with van der Waals surface area (Å²) >= 11 is 0. The molecule has 3 heteroatoms. The van der Waals surface area contributed by atoms with Crippen LogP contribution in [0, 0.1) is 29.1 Å². The average molecular weight is 267 g/mol. The Bertz CT molecular complexity index is 345. The summed E-state index contributed by atoms with van der Waals surface area (Å²) in [4.78, 5) is 0. The predicted octanol–water partition coefficient (Wildman–Crippen LogP) is 4.97. The number of hydrogen-bond acceptors (Lipinski definition) is 2. The third-order valence-corrected chi connectivity index (χ3v) is 4.17. The van der Waals surface area contributed by atoms with Crippen molar-refractivity contribution in [3.05, 3.63) is 11.6 Å². The van der Waals surface area contributed by atoms with Gasteiger partial charge in [0.25, 0.3) is 0 Å². The lowest BCUT2D eigenvalue weighted by Crippen LogP contribution is -2.20. The number of methoxy groups -OCH3 is 1. The van der Waals surface area contributed by atoms with Crippen molar-refractivity contribution >= 4 is 0 Å². The van der Waals surface area contributed by atoms with Crippen LogP contribution in [-0.4, -0.2) is 7.11 Å². The first-order chi connectivity index (χ1) is 9.12. The molecule has 0 heterocycles. The minimum atomic E-state index is -0.130. The van der Waals surface area contributed by atoms with E-state index in [1.165, 1.54) is 26.4 Å². The van der Waals surface area contributed by atoms with Gasteiger partial charge in [0.05, 0.1) is 13.2 Å². The minimum absolute atomic E-state index is 0.0325. The first-order valence-electron chi connectivity index (χ1n) is 7.43. The van der Waals surface area contributed by atoms with Crippen LogP contribution in [0.5, 0.6) is 0 Å². The molecular formula is C16H26FNO. The fourth-order valence-corrected chi connectivity index (χ4v) is 2.89. The van der Waals surface area contributed by atoms with Gasteiger partial charge in [-0.05, 0) is 24.7 Å². The Morgan fingerprint density at radius 3 is 2.84 bits per heavy atom. The van der Waals surface area contributed by atoms with Crippen LogP contribution >= 0.6 is 0 Å². The van der Waals surface area contributed by atoms with E-state index in [4.69, 9.17) is 4.74 Å². The van der Waals surface area contributed by atoms with E-state index in [2.05, 4.69) is 19.9 Å². The van der Waals surface area contributed by atoms with Crippen LogP contribution in [0.4, 0.5) is 4.39 Å². The standard InChI is InChI=1S/C16H26FNO/c1-4-5-6-12(2)9-14(11-18)13-7-8-15(17)16(10-13)19-3/h12-14H,4-10H2,1-3H3/t12-,13+,14+/m0/s1. The molecule has 0 amide bonds. The molecular weight excluding hydrogens is 241 g/mol. The molecule has 108 valence electrons. The summed E-state index contributed by atoms with van der Waals surface area (Å²) in [6.45, 7) is 4.41. The van der Waals surface area contributed by atoms with Gasteiger partial charge < -0.3 is 4.74 Å². The lowest BCUT2D eigenvalue weighted by molar-refractivity contribution is 0.194. The second-order valence-corrected chi connectivity index (χ2v) is 5.75. The van der Waals surface area contributed by atoms with Gasteiger partial charge in [-0.25, -0.2) is 4.39 Å². The van der Waals surface area contributed by atoms with Gasteiger partial charge in [-0.2, -0.15) is 5.26 Å². The number of halogens is 1. The molecule has 0 bridgehead atoms. The maximum atomic E-state index is 13.5. The van der Waals surface area contributed by atoms with Gasteiger partial charge in [-0.15, -0.1) is 0 Å². The number of unbranched alkanes of at least 4 members (excludes halogenated alkanes) is 1. The number of allylic oxidation sites excluding steroid dienone is 2. The largest absolute Gasteiger partial charge is 0.498 e. The fraction of sp³-hybridized carbons (Fsp3) is 0.812. The highest BCUT2D eigenvalue weighted by Gasteiger charge is 2.29. The highest BCUT2D eigenvalue weighted by atomic mass is 19.1. The number of nitriles is 1. The summed E-state index contributed by atoms with van der Waals surface area (Å²) in [5.41, 5.74) is 0. The summed E-state index contributed by atoms with van der Waals surface area (Å²) in [7, 11) is 1.52. The number of ether oxygens (including phenoxy) is 1. The van der Waals surface area contributed by atoms with Crippen LogP contribution in [-0.2, 0) is 4.74 Å². The van der Waals surface area contributed by atoms with E-state index < -0.39 is 0 Å². The van der Waals surface area contributed by atoms with Crippen molar-refractivity contribution in [2.45, 2.75) is 58.8 Å². The highest BCUT2D eigenvalue weighted by molar-refractivity contribution is 5.08. The van der Waals surface area contributed by atoms with Crippen LogP contribution < -0.4 is 0 Å². The smallest absolute Gasteiger partial charge is 0.137 e. The minimum Gasteiger partial charge on any atom is -0.498 e. The zero-order valence-corrected chi connectivity index (χ0v) is 12.4. The average Bonchev–Trinajstić information content (AvgIpc) is 2.43. The van der Waals surface area contributed by atoms with Crippen molar-refractivity contribution in [3.63, 3.8) is 0 Å². The Morgan fingerprint density at radius 1 is 1.53 bits per heavy atom. The SMILES string of the molecule is CCCC[C@H](C)C[C@H](C#N)[C@@H]1CCC(F)=C(OC)C1. The van der Waals surface area contributed by atoms with Gasteiger partial charge >= 0.3 is 0 Å². The molecule has 0 unspecified atom stereocenters. The molecule has 0 aromatic carbocycles. The second kappa shape index (κ2) is 8.19. The number of hydrogen-bond donors (Lipinski definition) is 0. The first-order valence-corrected chi connectivity index (χ1v) is 7.43. The third-order valence-electron chi connectivity index (χ3n) is 4.17. The summed E-state index contributed by atoms with van der Waals surface area (Å²) in [6, 6.07) is 2.44. The van der Waals surface area contributed by atoms with Crippen LogP contribution in [0.15, 0.2) is 11.6 Å². The number of rotatable bonds is 7. The van der Waals surface area contributed by atoms with Gasteiger partial charge in [0.1, 0.15) is 11.6 Å². The van der Waals surface area contributed by atoms with Gasteiger partial charge in [-0.1, -0.05) is 33.1 Å². The van der Waals surface area contributed by atoms with E-state index in [1.807, 2.05) is 0 Å². The van der Waals surface area contributed by atoms with Crippen molar-refractivity contribution in [2.75, 3.05) is 7.11 Å². The van der Waals surface area contributed by atoms with Gasteiger partial charge in [0.15, 0.2) is 0 Å². The summed E-state index contributed by atoms with van der Waals surface area (Å²) in [6.07, 6.45) is 6.32. The molecule has 0 aromatic rings. The molecule has 0 aromatic heterocycles. The maximum Gasteiger partial charge on any atom is 0.137 e. The Kier molecular flexibility index (Phi) is 6.91. The molecule has 0 aliphatic heterocycles. The lowest BCUT2D eigenvalue weighted by Gasteiger charge is -2.28. The fourth-order valence-electron chi connectivity index (χ4n) is 2.89. The molecule has 19 heavy (non-hydrogen) atoms. The van der Waals surface area contributed by atoms with Crippen LogP contribution in [0.2, 0.25) is 0 Å². The van der Waals surface area contributed by atoms with Crippen molar-refractivity contribution in [2.24, 2.45) is 17.8 Å². The summed E-state index contributed by atoms with van der Waals surface area (Å²) in [5.74, 6) is 1.19. The van der Waals surface area contributed by atoms with Crippen molar-refractivity contribution in [1.82, 2.24) is 0 Å². The zero-order valence-electron chi connectivity index (χ0n) is 12.4. The topological polar surface area (TPSA) is 33.0 Å². The molecule has 0 N–H and O–H groups in total. The van der Waals surface area contributed by atoms with E-state index in [9.17, 15) is 9.65 Å². The van der Waals surface area contributed by atoms with Crippen molar-refractivity contribution < 1.29 is 9.13 Å². The molecule has 0 saturated heterocycles. The molecule has 0 radical (unpaired) electrons. The van der Waals surface area contributed by atoms with Gasteiger partial charge in [0.2, 0.25) is 0 Å². The molecule has 0 spiro atoms. The molecule has 0 fully saturated rings. The van der Waals surface area contributed by atoms with E-state index in [1.54, 1.807) is 0 Å². The van der Waals surface area contributed by atoms with Crippen LogP contribution in [0.1, 0.15) is 58.8 Å². The summed E-state index contributed by atoms with van der Waals surface area (Å²) in [5, 5.41) is 9.38. The van der Waals surface area contributed by atoms with Gasteiger partial charge in [-0.3, -0.25) is 0 Å². The Balaban J connectivity index is 2.55. The Morgan fingerprint density at radius 2 is 2.26 bits per heavy atom. The van der Waals surface area contributed by atoms with Crippen LogP contribution in [0.3, 0.4) is 0 Å². The van der Waals surface area contributed by atoms with Gasteiger partial charge in [0, 0.05) is 18.8 Å². The third kappa shape index (κ3) is 4.86. The molecule has 1 aliphatic carbocycles. The van der Waals surface area contributed by atoms with Crippen LogP contribution in [0.25, 0.3) is 0 Å². The Labute approximate surface area is 116 Å². The zero-order chi connectivity index (χ0) is 14.3. The first kappa shape index (κ1) is 16.0. The van der Waals surface area contributed by atoms with E-state index in [0.29, 0.717) is 24.5 Å². The normalized spacial score (nSPS) is 22.8. The number of nitrogens with zero attached hydrogens (tertiary/aromatic N) is 1. The highest BCUT2D eigenvalue weighted by Crippen LogP contribution is 2.37. The molecule has 0 saturated carbocycles. The van der Waals surface area contributed by atoms with E-state index >= 15 is 0 Å². The second-order valence-electron chi connectivity index (χ2n) is 5.75. The maximum absolute atomic E-state index is 13.5. The van der Waals surface area contributed by atoms with Crippen molar-refractivity contribution in [3.8, 4) is 6.07 Å². The lowest BCUT2D eigenvalue weighted by atomic mass is 9.78. The molecule has 3 atom stereocenters. The van der Waals surface area contributed by atoms with Crippen molar-refractivity contribution in [1.29, 1.82) is 5.26 Å². The predicted molar refractivity (Wildman–Crippen MR) is 74.9 cm³/mol. The van der Waals surface area contributed by atoms with E-state index in [0.717, 1.165) is 12.8 Å². The van der Waals surface area contributed by atoms with E-state index in [-0.39, 0.29) is 17.7 Å².